The number of nitrogens with one attached hydrogen (secondary N) is 1. The summed E-state index contributed by atoms with van der Waals surface area (Å²) in [4.78, 5) is 4.28. The van der Waals surface area contributed by atoms with Crippen molar-refractivity contribution in [3.05, 3.63) is 59.9 Å². The molecule has 0 aliphatic carbocycles. The maximum atomic E-state index is 11.7. The first-order valence-corrected chi connectivity index (χ1v) is 11.5. The number of pyridine rings is 1. The van der Waals surface area contributed by atoms with Crippen LogP contribution in [-0.4, -0.2) is 43.1 Å². The molecule has 4 rings (SSSR count). The van der Waals surface area contributed by atoms with Crippen LogP contribution in [0.15, 0.2) is 54.9 Å². The standard InChI is InChI=1S/C21H22ClN3O2S/c1-28(26,27)25-9-6-19(7-10-25)24-21-13-17(15-3-2-4-18(22)12-15)11-16-5-8-23-14-20(16)21/h2-5,8,11-14,19,24H,6-7,9-10H2,1H3. The number of rotatable bonds is 4. The van der Waals surface area contributed by atoms with E-state index in [9.17, 15) is 8.42 Å². The first-order chi connectivity index (χ1) is 13.4. The number of halogens is 1. The number of sulfonamides is 1. The lowest BCUT2D eigenvalue weighted by Crippen LogP contribution is -2.41. The molecule has 0 amide bonds. The minimum Gasteiger partial charge on any atom is -0.382 e. The number of benzene rings is 2. The van der Waals surface area contributed by atoms with Gasteiger partial charge in [0.1, 0.15) is 0 Å². The van der Waals surface area contributed by atoms with Crippen molar-refractivity contribution in [3.8, 4) is 11.1 Å². The molecule has 5 nitrogen and oxygen atoms in total. The molecule has 1 aliphatic rings. The van der Waals surface area contributed by atoms with Crippen molar-refractivity contribution in [1.29, 1.82) is 0 Å². The van der Waals surface area contributed by atoms with Crippen molar-refractivity contribution in [3.63, 3.8) is 0 Å². The van der Waals surface area contributed by atoms with Crippen LogP contribution in [0.4, 0.5) is 5.69 Å². The van der Waals surface area contributed by atoms with Gasteiger partial charge in [0.05, 0.1) is 6.26 Å². The molecule has 2 aromatic carbocycles. The van der Waals surface area contributed by atoms with Gasteiger partial charge in [-0.25, -0.2) is 12.7 Å². The van der Waals surface area contributed by atoms with Crippen molar-refractivity contribution in [2.45, 2.75) is 18.9 Å². The molecular formula is C21H22ClN3O2S. The Morgan fingerprint density at radius 2 is 1.89 bits per heavy atom. The molecule has 3 aromatic rings. The van der Waals surface area contributed by atoms with E-state index in [0.717, 1.165) is 40.4 Å². The highest BCUT2D eigenvalue weighted by Crippen LogP contribution is 2.33. The molecule has 0 radical (unpaired) electrons. The largest absolute Gasteiger partial charge is 0.382 e. The quantitative estimate of drug-likeness (QED) is 0.686. The Balaban J connectivity index is 1.65. The van der Waals surface area contributed by atoms with Gasteiger partial charge in [-0.2, -0.15) is 0 Å². The molecule has 2 heterocycles. The number of fused-ring (bicyclic) bond motifs is 1. The second-order valence-corrected chi connectivity index (χ2v) is 9.63. The summed E-state index contributed by atoms with van der Waals surface area (Å²) in [6.45, 7) is 1.08. The second-order valence-electron chi connectivity index (χ2n) is 7.21. The predicted octanol–water partition coefficient (Wildman–Crippen LogP) is 4.39. The average Bonchev–Trinajstić information content (AvgIpc) is 2.67. The molecule has 7 heteroatoms. The van der Waals surface area contributed by atoms with E-state index >= 15 is 0 Å². The van der Waals surface area contributed by atoms with E-state index in [1.807, 2.05) is 36.5 Å². The zero-order valence-corrected chi connectivity index (χ0v) is 17.2. The third kappa shape index (κ3) is 4.14. The second kappa shape index (κ2) is 7.70. The van der Waals surface area contributed by atoms with Crippen molar-refractivity contribution >= 4 is 38.1 Å². The van der Waals surface area contributed by atoms with Gasteiger partial charge in [-0.15, -0.1) is 0 Å². The van der Waals surface area contributed by atoms with E-state index in [4.69, 9.17) is 11.6 Å². The Kier molecular flexibility index (Phi) is 5.27. The summed E-state index contributed by atoms with van der Waals surface area (Å²) < 4.78 is 25.0. The number of hydrogen-bond donors (Lipinski definition) is 1. The summed E-state index contributed by atoms with van der Waals surface area (Å²) in [5, 5.41) is 6.48. The van der Waals surface area contributed by atoms with Gasteiger partial charge in [-0.05, 0) is 59.7 Å². The van der Waals surface area contributed by atoms with Gasteiger partial charge in [-0.1, -0.05) is 23.7 Å². The van der Waals surface area contributed by atoms with E-state index in [-0.39, 0.29) is 6.04 Å². The topological polar surface area (TPSA) is 62.3 Å². The lowest BCUT2D eigenvalue weighted by molar-refractivity contribution is 0.332. The number of piperidine rings is 1. The predicted molar refractivity (Wildman–Crippen MR) is 115 cm³/mol. The number of nitrogens with zero attached hydrogens (tertiary/aromatic N) is 2. The zero-order chi connectivity index (χ0) is 19.7. The molecule has 28 heavy (non-hydrogen) atoms. The van der Waals surface area contributed by atoms with Gasteiger partial charge in [0.2, 0.25) is 10.0 Å². The maximum absolute atomic E-state index is 11.7. The smallest absolute Gasteiger partial charge is 0.211 e. The highest BCUT2D eigenvalue weighted by Gasteiger charge is 2.25. The molecule has 0 spiro atoms. The highest BCUT2D eigenvalue weighted by atomic mass is 35.5. The Bertz CT molecular complexity index is 1110. The molecule has 0 atom stereocenters. The van der Waals surface area contributed by atoms with Crippen LogP contribution in [0.1, 0.15) is 12.8 Å². The van der Waals surface area contributed by atoms with Gasteiger partial charge in [-0.3, -0.25) is 4.98 Å². The maximum Gasteiger partial charge on any atom is 0.211 e. The molecule has 1 N–H and O–H groups in total. The van der Waals surface area contributed by atoms with Crippen molar-refractivity contribution < 1.29 is 8.42 Å². The number of hydrogen-bond acceptors (Lipinski definition) is 4. The molecule has 1 saturated heterocycles. The van der Waals surface area contributed by atoms with Gasteiger partial charge in [0.15, 0.2) is 0 Å². The van der Waals surface area contributed by atoms with E-state index in [2.05, 4.69) is 22.4 Å². The third-order valence-electron chi connectivity index (χ3n) is 5.20. The fourth-order valence-corrected chi connectivity index (χ4v) is 4.77. The van der Waals surface area contributed by atoms with Crippen LogP contribution in [0.3, 0.4) is 0 Å². The first-order valence-electron chi connectivity index (χ1n) is 9.25. The van der Waals surface area contributed by atoms with Crippen molar-refractivity contribution in [1.82, 2.24) is 9.29 Å². The first kappa shape index (κ1) is 19.2. The van der Waals surface area contributed by atoms with E-state index in [0.29, 0.717) is 18.1 Å². The van der Waals surface area contributed by atoms with Gasteiger partial charge < -0.3 is 5.32 Å². The monoisotopic (exact) mass is 415 g/mol. The molecule has 0 saturated carbocycles. The summed E-state index contributed by atoms with van der Waals surface area (Å²) >= 11 is 6.18. The summed E-state index contributed by atoms with van der Waals surface area (Å²) in [6.07, 6.45) is 6.48. The number of aromatic nitrogens is 1. The SMILES string of the molecule is CS(=O)(=O)N1CCC(Nc2cc(-c3cccc(Cl)c3)cc3ccncc23)CC1. The highest BCUT2D eigenvalue weighted by molar-refractivity contribution is 7.88. The lowest BCUT2D eigenvalue weighted by Gasteiger charge is -2.31. The minimum absolute atomic E-state index is 0.219. The van der Waals surface area contributed by atoms with Crippen LogP contribution in [0.2, 0.25) is 5.02 Å². The molecule has 1 fully saturated rings. The molecule has 1 aromatic heterocycles. The van der Waals surface area contributed by atoms with Gasteiger partial charge in [0.25, 0.3) is 0 Å². The van der Waals surface area contributed by atoms with Crippen LogP contribution in [0.25, 0.3) is 21.9 Å². The molecule has 1 aliphatic heterocycles. The van der Waals surface area contributed by atoms with Crippen LogP contribution >= 0.6 is 11.6 Å². The fourth-order valence-electron chi connectivity index (χ4n) is 3.70. The van der Waals surface area contributed by atoms with Crippen LogP contribution < -0.4 is 5.32 Å². The average molecular weight is 416 g/mol. The van der Waals surface area contributed by atoms with Crippen LogP contribution in [-0.2, 0) is 10.0 Å². The number of anilines is 1. The Labute approximate surface area is 170 Å². The van der Waals surface area contributed by atoms with Crippen molar-refractivity contribution in [2.75, 3.05) is 24.7 Å². The van der Waals surface area contributed by atoms with E-state index in [1.54, 1.807) is 10.5 Å². The van der Waals surface area contributed by atoms with Gasteiger partial charge >= 0.3 is 0 Å². The van der Waals surface area contributed by atoms with Crippen molar-refractivity contribution in [2.24, 2.45) is 0 Å². The summed E-state index contributed by atoms with van der Waals surface area (Å²) in [7, 11) is -3.12. The summed E-state index contributed by atoms with van der Waals surface area (Å²) in [5.41, 5.74) is 3.15. The van der Waals surface area contributed by atoms with E-state index < -0.39 is 10.0 Å². The fraction of sp³-hybridized carbons (Fsp3) is 0.286. The van der Waals surface area contributed by atoms with Crippen LogP contribution in [0, 0.1) is 0 Å². The Morgan fingerprint density at radius 1 is 1.11 bits per heavy atom. The van der Waals surface area contributed by atoms with Gasteiger partial charge in [0, 0.05) is 47.6 Å². The normalized spacial score (nSPS) is 16.4. The summed E-state index contributed by atoms with van der Waals surface area (Å²) in [6, 6.07) is 14.3. The minimum atomic E-state index is -3.12. The molecule has 0 unspecified atom stereocenters. The van der Waals surface area contributed by atoms with Crippen LogP contribution in [0.5, 0.6) is 0 Å². The molecular weight excluding hydrogens is 394 g/mol. The molecule has 146 valence electrons. The third-order valence-corrected chi connectivity index (χ3v) is 6.73. The van der Waals surface area contributed by atoms with E-state index in [1.165, 1.54) is 6.26 Å². The Morgan fingerprint density at radius 3 is 2.61 bits per heavy atom. The lowest BCUT2D eigenvalue weighted by atomic mass is 9.99. The summed E-state index contributed by atoms with van der Waals surface area (Å²) in [5.74, 6) is 0. The Hall–Kier alpha value is -2.15. The molecule has 0 bridgehead atoms. The zero-order valence-electron chi connectivity index (χ0n) is 15.6.